The van der Waals surface area contributed by atoms with Crippen LogP contribution in [0.15, 0.2) is 42.9 Å². The number of aromatic amines is 2. The molecular formula is C14H14N4O2. The summed E-state index contributed by atoms with van der Waals surface area (Å²) in [7, 11) is 0. The van der Waals surface area contributed by atoms with Crippen LogP contribution in [0.1, 0.15) is 5.56 Å². The van der Waals surface area contributed by atoms with E-state index < -0.39 is 12.0 Å². The van der Waals surface area contributed by atoms with E-state index in [0.717, 1.165) is 16.5 Å². The van der Waals surface area contributed by atoms with E-state index in [1.807, 2.05) is 30.5 Å². The van der Waals surface area contributed by atoms with Gasteiger partial charge in [0, 0.05) is 35.9 Å². The number of aromatic nitrogens is 3. The number of benzene rings is 1. The van der Waals surface area contributed by atoms with Crippen molar-refractivity contribution in [2.75, 3.05) is 0 Å². The monoisotopic (exact) mass is 270 g/mol. The van der Waals surface area contributed by atoms with Gasteiger partial charge in [0.1, 0.15) is 6.04 Å². The molecule has 3 aromatic rings. The first-order valence-electron chi connectivity index (χ1n) is 6.25. The molecule has 0 amide bonds. The Labute approximate surface area is 115 Å². The SMILES string of the molecule is N[C@@H](Cc1c[nH]c2ccccc12)C(=O)Oc1ncc[nH]1. The van der Waals surface area contributed by atoms with E-state index in [4.69, 9.17) is 10.5 Å². The number of hydrogen-bond donors (Lipinski definition) is 3. The molecule has 6 heteroatoms. The van der Waals surface area contributed by atoms with Crippen LogP contribution in [-0.4, -0.2) is 27.0 Å². The first-order valence-corrected chi connectivity index (χ1v) is 6.25. The van der Waals surface area contributed by atoms with E-state index >= 15 is 0 Å². The Balaban J connectivity index is 1.72. The number of carbonyl (C=O) groups excluding carboxylic acids is 1. The molecule has 1 aromatic carbocycles. The minimum absolute atomic E-state index is 0.157. The minimum atomic E-state index is -0.737. The number of para-hydroxylation sites is 1. The van der Waals surface area contributed by atoms with Gasteiger partial charge in [0.2, 0.25) is 0 Å². The van der Waals surface area contributed by atoms with Crippen LogP contribution < -0.4 is 10.5 Å². The van der Waals surface area contributed by atoms with Crippen LogP contribution in [0.2, 0.25) is 0 Å². The quantitative estimate of drug-likeness (QED) is 0.624. The maximum Gasteiger partial charge on any atom is 0.331 e. The molecule has 0 unspecified atom stereocenters. The Morgan fingerprint density at radius 1 is 1.35 bits per heavy atom. The van der Waals surface area contributed by atoms with E-state index in [9.17, 15) is 4.79 Å². The van der Waals surface area contributed by atoms with Gasteiger partial charge in [-0.05, 0) is 11.6 Å². The van der Waals surface area contributed by atoms with E-state index in [1.165, 1.54) is 6.20 Å². The number of H-pyrrole nitrogens is 2. The molecule has 0 aliphatic carbocycles. The second-order valence-corrected chi connectivity index (χ2v) is 4.49. The number of ether oxygens (including phenoxy) is 1. The lowest BCUT2D eigenvalue weighted by atomic mass is 10.1. The van der Waals surface area contributed by atoms with Crippen molar-refractivity contribution in [3.63, 3.8) is 0 Å². The normalized spacial score (nSPS) is 12.4. The Bertz CT molecular complexity index is 718. The summed E-state index contributed by atoms with van der Waals surface area (Å²) in [6, 6.07) is 7.29. The second kappa shape index (κ2) is 5.18. The highest BCUT2D eigenvalue weighted by Crippen LogP contribution is 2.19. The Morgan fingerprint density at radius 3 is 3.00 bits per heavy atom. The summed E-state index contributed by atoms with van der Waals surface area (Å²) >= 11 is 0. The third-order valence-corrected chi connectivity index (χ3v) is 3.09. The predicted octanol–water partition coefficient (Wildman–Crippen LogP) is 1.37. The smallest absolute Gasteiger partial charge is 0.331 e. The summed E-state index contributed by atoms with van der Waals surface area (Å²) in [6.45, 7) is 0. The fourth-order valence-electron chi connectivity index (χ4n) is 2.10. The van der Waals surface area contributed by atoms with Crippen LogP contribution in [-0.2, 0) is 11.2 Å². The van der Waals surface area contributed by atoms with Crippen LogP contribution in [0.25, 0.3) is 10.9 Å². The van der Waals surface area contributed by atoms with E-state index in [1.54, 1.807) is 6.20 Å². The van der Waals surface area contributed by atoms with Crippen molar-refractivity contribution in [1.82, 2.24) is 15.0 Å². The van der Waals surface area contributed by atoms with Crippen molar-refractivity contribution < 1.29 is 9.53 Å². The predicted molar refractivity (Wildman–Crippen MR) is 74.2 cm³/mol. The van der Waals surface area contributed by atoms with Crippen molar-refractivity contribution in [3.05, 3.63) is 48.4 Å². The highest BCUT2D eigenvalue weighted by molar-refractivity contribution is 5.84. The summed E-state index contributed by atoms with van der Waals surface area (Å²) < 4.78 is 5.04. The lowest BCUT2D eigenvalue weighted by Crippen LogP contribution is -2.36. The maximum absolute atomic E-state index is 11.9. The Morgan fingerprint density at radius 2 is 2.20 bits per heavy atom. The van der Waals surface area contributed by atoms with Gasteiger partial charge < -0.3 is 20.4 Å². The zero-order valence-electron chi connectivity index (χ0n) is 10.7. The lowest BCUT2D eigenvalue weighted by Gasteiger charge is -2.09. The fourth-order valence-corrected chi connectivity index (χ4v) is 2.10. The van der Waals surface area contributed by atoms with Gasteiger partial charge in [-0.1, -0.05) is 18.2 Å². The van der Waals surface area contributed by atoms with Crippen molar-refractivity contribution >= 4 is 16.9 Å². The second-order valence-electron chi connectivity index (χ2n) is 4.49. The molecule has 0 saturated carbocycles. The maximum atomic E-state index is 11.9. The minimum Gasteiger partial charge on any atom is -0.391 e. The number of esters is 1. The van der Waals surface area contributed by atoms with Gasteiger partial charge in [0.05, 0.1) is 0 Å². The number of carbonyl (C=O) groups is 1. The number of nitrogens with one attached hydrogen (secondary N) is 2. The number of hydrogen-bond acceptors (Lipinski definition) is 4. The molecule has 0 bridgehead atoms. The van der Waals surface area contributed by atoms with E-state index in [0.29, 0.717) is 6.42 Å². The number of rotatable bonds is 4. The highest BCUT2D eigenvalue weighted by Gasteiger charge is 2.19. The molecule has 20 heavy (non-hydrogen) atoms. The van der Waals surface area contributed by atoms with Crippen LogP contribution in [0, 0.1) is 0 Å². The summed E-state index contributed by atoms with van der Waals surface area (Å²) in [5, 5.41) is 1.06. The standard InChI is InChI=1S/C14H14N4O2/c15-11(13(19)20-14-16-5-6-17-14)7-9-8-18-12-4-2-1-3-10(9)12/h1-6,8,11,18H,7,15H2,(H,16,17)/t11-/m0/s1. The van der Waals surface area contributed by atoms with Gasteiger partial charge >= 0.3 is 12.0 Å². The lowest BCUT2D eigenvalue weighted by molar-refractivity contribution is -0.136. The number of nitrogens with zero attached hydrogens (tertiary/aromatic N) is 1. The first kappa shape index (κ1) is 12.4. The van der Waals surface area contributed by atoms with Gasteiger partial charge in [-0.2, -0.15) is 0 Å². The van der Waals surface area contributed by atoms with Crippen LogP contribution in [0.3, 0.4) is 0 Å². The number of nitrogens with two attached hydrogens (primary N) is 1. The molecule has 0 fully saturated rings. The molecule has 0 saturated heterocycles. The molecule has 1 atom stereocenters. The van der Waals surface area contributed by atoms with Gasteiger partial charge in [0.15, 0.2) is 0 Å². The number of imidazole rings is 1. The van der Waals surface area contributed by atoms with Crippen LogP contribution in [0.4, 0.5) is 0 Å². The average molecular weight is 270 g/mol. The molecule has 2 aromatic heterocycles. The van der Waals surface area contributed by atoms with E-state index in [-0.39, 0.29) is 6.01 Å². The molecule has 0 radical (unpaired) electrons. The number of fused-ring (bicyclic) bond motifs is 1. The summed E-state index contributed by atoms with van der Waals surface area (Å²) in [4.78, 5) is 21.5. The van der Waals surface area contributed by atoms with E-state index in [2.05, 4.69) is 15.0 Å². The van der Waals surface area contributed by atoms with Crippen molar-refractivity contribution in [3.8, 4) is 6.01 Å². The molecule has 4 N–H and O–H groups in total. The van der Waals surface area contributed by atoms with Crippen molar-refractivity contribution in [2.45, 2.75) is 12.5 Å². The molecule has 6 nitrogen and oxygen atoms in total. The summed E-state index contributed by atoms with van der Waals surface area (Å²) in [5.74, 6) is -0.509. The third-order valence-electron chi connectivity index (χ3n) is 3.09. The van der Waals surface area contributed by atoms with Crippen LogP contribution >= 0.6 is 0 Å². The fraction of sp³-hybridized carbons (Fsp3) is 0.143. The topological polar surface area (TPSA) is 96.8 Å². The summed E-state index contributed by atoms with van der Waals surface area (Å²) in [6.07, 6.45) is 5.36. The molecule has 2 heterocycles. The zero-order valence-corrected chi connectivity index (χ0v) is 10.7. The summed E-state index contributed by atoms with van der Waals surface area (Å²) in [5.41, 5.74) is 7.90. The van der Waals surface area contributed by atoms with Gasteiger partial charge in [-0.15, -0.1) is 0 Å². The van der Waals surface area contributed by atoms with Crippen molar-refractivity contribution in [1.29, 1.82) is 0 Å². The molecular weight excluding hydrogens is 256 g/mol. The van der Waals surface area contributed by atoms with Crippen molar-refractivity contribution in [2.24, 2.45) is 5.73 Å². The third kappa shape index (κ3) is 2.41. The van der Waals surface area contributed by atoms with Gasteiger partial charge in [0.25, 0.3) is 0 Å². The molecule has 0 aliphatic rings. The largest absolute Gasteiger partial charge is 0.391 e. The molecule has 3 rings (SSSR count). The molecule has 0 spiro atoms. The first-order chi connectivity index (χ1) is 9.74. The molecule has 102 valence electrons. The van der Waals surface area contributed by atoms with Gasteiger partial charge in [-0.3, -0.25) is 0 Å². The Kier molecular flexibility index (Phi) is 3.22. The molecule has 0 aliphatic heterocycles. The average Bonchev–Trinajstić information content (AvgIpc) is 3.09. The highest BCUT2D eigenvalue weighted by atomic mass is 16.5. The van der Waals surface area contributed by atoms with Crippen LogP contribution in [0.5, 0.6) is 6.01 Å². The Hall–Kier alpha value is -2.60. The zero-order chi connectivity index (χ0) is 13.9. The van der Waals surface area contributed by atoms with Gasteiger partial charge in [-0.25, -0.2) is 9.78 Å².